The van der Waals surface area contributed by atoms with Crippen LogP contribution in [0.4, 0.5) is 5.69 Å². The van der Waals surface area contributed by atoms with Crippen LogP contribution >= 0.6 is 0 Å². The molecule has 0 saturated carbocycles. The molecular formula is C13H20N2O3S. The largest absolute Gasteiger partial charge is 0.398 e. The van der Waals surface area contributed by atoms with Crippen LogP contribution in [0.2, 0.25) is 0 Å². The van der Waals surface area contributed by atoms with Crippen LogP contribution in [0.3, 0.4) is 0 Å². The van der Waals surface area contributed by atoms with E-state index in [-0.39, 0.29) is 12.5 Å². The highest BCUT2D eigenvalue weighted by Crippen LogP contribution is 2.17. The van der Waals surface area contributed by atoms with Crippen LogP contribution < -0.4 is 11.1 Å². The van der Waals surface area contributed by atoms with Gasteiger partial charge < -0.3 is 11.1 Å². The van der Waals surface area contributed by atoms with E-state index in [4.69, 9.17) is 5.73 Å². The van der Waals surface area contributed by atoms with E-state index in [1.54, 1.807) is 39.0 Å². The van der Waals surface area contributed by atoms with E-state index in [1.807, 2.05) is 0 Å². The molecule has 19 heavy (non-hydrogen) atoms. The fourth-order valence-electron chi connectivity index (χ4n) is 1.42. The van der Waals surface area contributed by atoms with E-state index in [2.05, 4.69) is 5.32 Å². The van der Waals surface area contributed by atoms with Gasteiger partial charge >= 0.3 is 0 Å². The molecule has 0 unspecified atom stereocenters. The normalized spacial score (nSPS) is 12.2. The molecule has 1 aromatic rings. The van der Waals surface area contributed by atoms with Crippen molar-refractivity contribution in [2.45, 2.75) is 25.5 Å². The highest BCUT2D eigenvalue weighted by Gasteiger charge is 2.30. The van der Waals surface area contributed by atoms with Gasteiger partial charge in [-0.2, -0.15) is 0 Å². The van der Waals surface area contributed by atoms with Gasteiger partial charge in [0.1, 0.15) is 0 Å². The van der Waals surface area contributed by atoms with Gasteiger partial charge in [-0.15, -0.1) is 0 Å². The third-order valence-corrected chi connectivity index (χ3v) is 5.45. The summed E-state index contributed by atoms with van der Waals surface area (Å²) in [6, 6.07) is 5.07. The Morgan fingerprint density at radius 1 is 1.37 bits per heavy atom. The van der Waals surface area contributed by atoms with Crippen LogP contribution in [0.25, 0.3) is 0 Å². The topological polar surface area (TPSA) is 89.3 Å². The molecule has 0 aliphatic rings. The molecule has 6 heteroatoms. The van der Waals surface area contributed by atoms with Gasteiger partial charge in [-0.05, 0) is 38.5 Å². The number of hydrogen-bond donors (Lipinski definition) is 2. The lowest BCUT2D eigenvalue weighted by Crippen LogP contribution is -2.43. The Hall–Kier alpha value is -1.56. The molecule has 0 radical (unpaired) electrons. The predicted octanol–water partition coefficient (Wildman–Crippen LogP) is 1.13. The summed E-state index contributed by atoms with van der Waals surface area (Å²) < 4.78 is 22.1. The zero-order chi connectivity index (χ0) is 14.8. The lowest BCUT2D eigenvalue weighted by molar-refractivity contribution is 0.0950. The van der Waals surface area contributed by atoms with Crippen molar-refractivity contribution in [3.05, 3.63) is 29.3 Å². The highest BCUT2D eigenvalue weighted by molar-refractivity contribution is 7.92. The van der Waals surface area contributed by atoms with Crippen molar-refractivity contribution in [1.29, 1.82) is 0 Å². The molecule has 1 rings (SSSR count). The average molecular weight is 284 g/mol. The molecule has 0 spiro atoms. The van der Waals surface area contributed by atoms with Crippen molar-refractivity contribution in [2.24, 2.45) is 0 Å². The zero-order valence-corrected chi connectivity index (χ0v) is 12.5. The molecule has 0 aliphatic carbocycles. The smallest absolute Gasteiger partial charge is 0.251 e. The molecule has 5 nitrogen and oxygen atoms in total. The van der Waals surface area contributed by atoms with Gasteiger partial charge in [-0.1, -0.05) is 6.07 Å². The number of rotatable bonds is 4. The van der Waals surface area contributed by atoms with Crippen molar-refractivity contribution in [1.82, 2.24) is 5.32 Å². The summed E-state index contributed by atoms with van der Waals surface area (Å²) in [7, 11) is -3.24. The summed E-state index contributed by atoms with van der Waals surface area (Å²) in [6.07, 6.45) is 1.16. The molecule has 0 bridgehead atoms. The SMILES string of the molecule is Cc1c(N)cccc1C(=O)NCC(C)(C)S(C)(=O)=O. The molecule has 1 amide bonds. The Morgan fingerprint density at radius 3 is 2.47 bits per heavy atom. The van der Waals surface area contributed by atoms with Gasteiger partial charge in [0.15, 0.2) is 9.84 Å². The minimum atomic E-state index is -3.24. The number of hydrogen-bond acceptors (Lipinski definition) is 4. The van der Waals surface area contributed by atoms with Gasteiger partial charge in [-0.3, -0.25) is 4.79 Å². The summed E-state index contributed by atoms with van der Waals surface area (Å²) in [5, 5.41) is 2.64. The predicted molar refractivity (Wildman–Crippen MR) is 76.8 cm³/mol. The third kappa shape index (κ3) is 3.47. The first-order valence-electron chi connectivity index (χ1n) is 5.89. The molecular weight excluding hydrogens is 264 g/mol. The standard InChI is InChI=1S/C13H20N2O3S/c1-9-10(6-5-7-11(9)14)12(16)15-8-13(2,3)19(4,17)18/h5-7H,8,14H2,1-4H3,(H,15,16). The van der Waals surface area contributed by atoms with Crippen LogP contribution in [0, 0.1) is 6.92 Å². The Kier molecular flexibility index (Phi) is 4.25. The number of anilines is 1. The number of benzene rings is 1. The zero-order valence-electron chi connectivity index (χ0n) is 11.6. The quantitative estimate of drug-likeness (QED) is 0.811. The van der Waals surface area contributed by atoms with E-state index < -0.39 is 14.6 Å². The van der Waals surface area contributed by atoms with E-state index in [0.29, 0.717) is 16.8 Å². The summed E-state index contributed by atoms with van der Waals surface area (Å²) in [5.41, 5.74) is 7.42. The van der Waals surface area contributed by atoms with E-state index in [0.717, 1.165) is 6.26 Å². The summed E-state index contributed by atoms with van der Waals surface area (Å²) in [5.74, 6) is -0.318. The van der Waals surface area contributed by atoms with Crippen LogP contribution in [0.15, 0.2) is 18.2 Å². The average Bonchev–Trinajstić information content (AvgIpc) is 2.28. The minimum Gasteiger partial charge on any atom is -0.398 e. The Labute approximate surface area is 114 Å². The van der Waals surface area contributed by atoms with Gasteiger partial charge in [0.05, 0.1) is 4.75 Å². The molecule has 0 heterocycles. The van der Waals surface area contributed by atoms with Crippen LogP contribution in [0.5, 0.6) is 0 Å². The second kappa shape index (κ2) is 5.21. The monoisotopic (exact) mass is 284 g/mol. The molecule has 0 saturated heterocycles. The van der Waals surface area contributed by atoms with E-state index in [9.17, 15) is 13.2 Å². The van der Waals surface area contributed by atoms with Crippen molar-refractivity contribution < 1.29 is 13.2 Å². The van der Waals surface area contributed by atoms with Crippen molar-refractivity contribution >= 4 is 21.4 Å². The number of nitrogen functional groups attached to an aromatic ring is 1. The second-order valence-electron chi connectivity index (χ2n) is 5.23. The molecule has 0 fully saturated rings. The maximum absolute atomic E-state index is 12.0. The van der Waals surface area contributed by atoms with Crippen molar-refractivity contribution in [2.75, 3.05) is 18.5 Å². The van der Waals surface area contributed by atoms with Crippen LogP contribution in [-0.2, 0) is 9.84 Å². The molecule has 0 aromatic heterocycles. The van der Waals surface area contributed by atoms with E-state index >= 15 is 0 Å². The molecule has 0 atom stereocenters. The van der Waals surface area contributed by atoms with Crippen molar-refractivity contribution in [3.63, 3.8) is 0 Å². The maximum Gasteiger partial charge on any atom is 0.251 e. The number of nitrogens with two attached hydrogens (primary N) is 1. The summed E-state index contributed by atoms with van der Waals surface area (Å²) in [6.45, 7) is 4.97. The van der Waals surface area contributed by atoms with Crippen LogP contribution in [-0.4, -0.2) is 31.9 Å². The lowest BCUT2D eigenvalue weighted by atomic mass is 10.1. The Morgan fingerprint density at radius 2 is 1.95 bits per heavy atom. The van der Waals surface area contributed by atoms with Crippen molar-refractivity contribution in [3.8, 4) is 0 Å². The minimum absolute atomic E-state index is 0.0545. The first kappa shape index (κ1) is 15.5. The van der Waals surface area contributed by atoms with Gasteiger partial charge in [0.25, 0.3) is 5.91 Å². The van der Waals surface area contributed by atoms with Crippen LogP contribution in [0.1, 0.15) is 29.8 Å². The fraction of sp³-hybridized carbons (Fsp3) is 0.462. The number of carbonyl (C=O) groups excluding carboxylic acids is 1. The maximum atomic E-state index is 12.0. The number of nitrogens with one attached hydrogen (secondary N) is 1. The third-order valence-electron chi connectivity index (χ3n) is 3.30. The summed E-state index contributed by atoms with van der Waals surface area (Å²) in [4.78, 5) is 12.0. The van der Waals surface area contributed by atoms with Gasteiger partial charge in [0.2, 0.25) is 0 Å². The second-order valence-corrected chi connectivity index (χ2v) is 7.88. The number of amides is 1. The first-order chi connectivity index (χ1) is 8.56. The molecule has 3 N–H and O–H groups in total. The Bertz CT molecular complexity index is 592. The lowest BCUT2D eigenvalue weighted by Gasteiger charge is -2.23. The fourth-order valence-corrected chi connectivity index (χ4v) is 1.75. The molecule has 106 valence electrons. The molecule has 0 aliphatic heterocycles. The Balaban J connectivity index is 2.85. The number of sulfone groups is 1. The van der Waals surface area contributed by atoms with Gasteiger partial charge in [0, 0.05) is 24.1 Å². The van der Waals surface area contributed by atoms with Gasteiger partial charge in [-0.25, -0.2) is 8.42 Å². The summed E-state index contributed by atoms with van der Waals surface area (Å²) >= 11 is 0. The molecule has 1 aromatic carbocycles. The van der Waals surface area contributed by atoms with E-state index in [1.165, 1.54) is 0 Å². The highest BCUT2D eigenvalue weighted by atomic mass is 32.2. The first-order valence-corrected chi connectivity index (χ1v) is 7.78. The number of carbonyl (C=O) groups is 1.